The lowest BCUT2D eigenvalue weighted by Crippen LogP contribution is -2.49. The van der Waals surface area contributed by atoms with Gasteiger partial charge in [0.2, 0.25) is 0 Å². The second-order valence-electron chi connectivity index (χ2n) is 9.14. The van der Waals surface area contributed by atoms with Crippen LogP contribution in [0, 0.1) is 0 Å². The first-order chi connectivity index (χ1) is 15.2. The molecule has 2 aromatic rings. The van der Waals surface area contributed by atoms with Gasteiger partial charge in [0.05, 0.1) is 11.4 Å². The molecule has 1 amide bonds. The Balaban J connectivity index is 1.67. The molecule has 2 aliphatic heterocycles. The fourth-order valence-electron chi connectivity index (χ4n) is 4.31. The van der Waals surface area contributed by atoms with Crippen molar-refractivity contribution in [2.45, 2.75) is 58.6 Å². The van der Waals surface area contributed by atoms with Crippen LogP contribution in [0.2, 0.25) is 0 Å². The highest BCUT2D eigenvalue weighted by atomic mass is 16.6. The van der Waals surface area contributed by atoms with Gasteiger partial charge in [-0.15, -0.1) is 0 Å². The molecule has 4 heterocycles. The molecule has 10 heteroatoms. The molecule has 0 aliphatic carbocycles. The Kier molecular flexibility index (Phi) is 5.70. The number of nitrogens with one attached hydrogen (secondary N) is 1. The summed E-state index contributed by atoms with van der Waals surface area (Å²) in [5.74, 6) is 0.0630. The maximum Gasteiger partial charge on any atom is 0.407 e. The molecule has 0 radical (unpaired) electrons. The Bertz CT molecular complexity index is 1080. The second-order valence-corrected chi connectivity index (χ2v) is 9.14. The van der Waals surface area contributed by atoms with Crippen molar-refractivity contribution in [3.8, 4) is 0 Å². The Morgan fingerprint density at radius 2 is 2.19 bits per heavy atom. The van der Waals surface area contributed by atoms with Gasteiger partial charge in [-0.1, -0.05) is 6.92 Å². The number of anilines is 2. The predicted molar refractivity (Wildman–Crippen MR) is 120 cm³/mol. The van der Waals surface area contributed by atoms with Gasteiger partial charge in [0.15, 0.2) is 5.82 Å². The molecule has 32 heavy (non-hydrogen) atoms. The average Bonchev–Trinajstić information content (AvgIpc) is 3.27. The number of nitrogen functional groups attached to an aromatic ring is 1. The number of hydrogen-bond donors (Lipinski definition) is 2. The van der Waals surface area contributed by atoms with Crippen molar-refractivity contribution in [3.05, 3.63) is 23.7 Å². The molecule has 172 valence electrons. The molecule has 4 rings (SSSR count). The van der Waals surface area contributed by atoms with Crippen molar-refractivity contribution in [2.24, 2.45) is 0 Å². The van der Waals surface area contributed by atoms with E-state index in [1.54, 1.807) is 4.52 Å². The smallest absolute Gasteiger partial charge is 0.407 e. The topological polar surface area (TPSA) is 124 Å². The van der Waals surface area contributed by atoms with Crippen molar-refractivity contribution in [3.63, 3.8) is 0 Å². The zero-order chi connectivity index (χ0) is 23.0. The number of aromatic nitrogens is 3. The van der Waals surface area contributed by atoms with E-state index in [4.69, 9.17) is 15.2 Å². The van der Waals surface area contributed by atoms with Crippen molar-refractivity contribution < 1.29 is 19.1 Å². The van der Waals surface area contributed by atoms with Gasteiger partial charge in [0.1, 0.15) is 24.1 Å². The standard InChI is InChI=1S/C22H30N6O4/c1-5-14-15(11-31-20(14)29)16-9-17(18-19(23)24-12-25-28(16)18)27-8-6-7-13(10-27)26-21(30)32-22(2,3)4/h9,12-13H,5-8,10-11H2,1-4H3,(H,26,30)(H2,23,24,25)/t13-/m1/s1. The lowest BCUT2D eigenvalue weighted by molar-refractivity contribution is -0.136. The van der Waals surface area contributed by atoms with Crippen molar-refractivity contribution in [1.29, 1.82) is 0 Å². The van der Waals surface area contributed by atoms with E-state index in [9.17, 15) is 9.59 Å². The quantitative estimate of drug-likeness (QED) is 0.692. The summed E-state index contributed by atoms with van der Waals surface area (Å²) in [6, 6.07) is 1.92. The number of hydrogen-bond acceptors (Lipinski definition) is 8. The molecule has 0 aromatic carbocycles. The first-order valence-electron chi connectivity index (χ1n) is 10.9. The van der Waals surface area contributed by atoms with E-state index in [1.807, 2.05) is 33.8 Å². The molecule has 0 bridgehead atoms. The molecule has 10 nitrogen and oxygen atoms in total. The van der Waals surface area contributed by atoms with Crippen LogP contribution < -0.4 is 16.0 Å². The first-order valence-corrected chi connectivity index (χ1v) is 10.9. The van der Waals surface area contributed by atoms with Crippen LogP contribution in [0.15, 0.2) is 18.0 Å². The van der Waals surface area contributed by atoms with Gasteiger partial charge in [0.25, 0.3) is 0 Å². The van der Waals surface area contributed by atoms with Crippen LogP contribution >= 0.6 is 0 Å². The molecule has 2 aliphatic rings. The van der Waals surface area contributed by atoms with E-state index in [0.29, 0.717) is 29.9 Å². The molecule has 2 aromatic heterocycles. The number of nitrogens with zero attached hydrogens (tertiary/aromatic N) is 4. The highest BCUT2D eigenvalue weighted by Crippen LogP contribution is 2.36. The number of carbonyl (C=O) groups excluding carboxylic acids is 2. The van der Waals surface area contributed by atoms with Crippen LogP contribution in [-0.4, -0.2) is 58.0 Å². The van der Waals surface area contributed by atoms with Crippen LogP contribution in [-0.2, 0) is 14.3 Å². The summed E-state index contributed by atoms with van der Waals surface area (Å²) >= 11 is 0. The molecule has 1 saturated heterocycles. The van der Waals surface area contributed by atoms with E-state index in [0.717, 1.165) is 36.3 Å². The number of alkyl carbamates (subject to hydrolysis) is 1. The minimum atomic E-state index is -0.552. The van der Waals surface area contributed by atoms with Crippen LogP contribution in [0.3, 0.4) is 0 Å². The monoisotopic (exact) mass is 442 g/mol. The predicted octanol–water partition coefficient (Wildman–Crippen LogP) is 2.53. The minimum Gasteiger partial charge on any atom is -0.457 e. The van der Waals surface area contributed by atoms with E-state index in [-0.39, 0.29) is 18.6 Å². The van der Waals surface area contributed by atoms with Crippen LogP contribution in [0.25, 0.3) is 11.1 Å². The van der Waals surface area contributed by atoms with Crippen LogP contribution in [0.5, 0.6) is 0 Å². The molecular weight excluding hydrogens is 412 g/mol. The molecule has 0 spiro atoms. The number of amides is 1. The maximum atomic E-state index is 12.3. The summed E-state index contributed by atoms with van der Waals surface area (Å²) in [4.78, 5) is 30.8. The van der Waals surface area contributed by atoms with Gasteiger partial charge in [-0.25, -0.2) is 19.1 Å². The van der Waals surface area contributed by atoms with E-state index in [1.165, 1.54) is 6.33 Å². The average molecular weight is 443 g/mol. The summed E-state index contributed by atoms with van der Waals surface area (Å²) in [6.45, 7) is 9.06. The Morgan fingerprint density at radius 1 is 1.41 bits per heavy atom. The number of piperidine rings is 1. The van der Waals surface area contributed by atoms with Crippen LogP contribution in [0.1, 0.15) is 52.7 Å². The number of nitrogens with two attached hydrogens (primary N) is 1. The normalized spacial score (nSPS) is 19.4. The van der Waals surface area contributed by atoms with Gasteiger partial charge >= 0.3 is 12.1 Å². The third-order valence-corrected chi connectivity index (χ3v) is 5.67. The number of ether oxygens (including phenoxy) is 2. The first kappa shape index (κ1) is 21.9. The lowest BCUT2D eigenvalue weighted by atomic mass is 10.0. The Hall–Kier alpha value is -3.30. The lowest BCUT2D eigenvalue weighted by Gasteiger charge is -2.34. The SMILES string of the molecule is CCC1=C(c2cc(N3CCC[C@@H](NC(=O)OC(C)(C)C)C3)c3c(N)ncnn23)COC1=O. The Labute approximate surface area is 186 Å². The van der Waals surface area contributed by atoms with Gasteiger partial charge in [-0.05, 0) is 46.1 Å². The fourth-order valence-corrected chi connectivity index (χ4v) is 4.31. The minimum absolute atomic E-state index is 0.0651. The van der Waals surface area contributed by atoms with Crippen molar-refractivity contribution in [1.82, 2.24) is 19.9 Å². The summed E-state index contributed by atoms with van der Waals surface area (Å²) in [5, 5.41) is 7.39. The van der Waals surface area contributed by atoms with Gasteiger partial charge in [0, 0.05) is 30.3 Å². The zero-order valence-corrected chi connectivity index (χ0v) is 19.0. The summed E-state index contributed by atoms with van der Waals surface area (Å²) in [5.41, 5.74) is 9.49. The second kappa shape index (κ2) is 8.33. The summed E-state index contributed by atoms with van der Waals surface area (Å²) in [6.07, 6.45) is 3.30. The van der Waals surface area contributed by atoms with Gasteiger partial charge in [-0.2, -0.15) is 5.10 Å². The largest absolute Gasteiger partial charge is 0.457 e. The zero-order valence-electron chi connectivity index (χ0n) is 19.0. The highest BCUT2D eigenvalue weighted by molar-refractivity contribution is 6.02. The van der Waals surface area contributed by atoms with Crippen LogP contribution in [0.4, 0.5) is 16.3 Å². The van der Waals surface area contributed by atoms with Gasteiger partial charge in [-0.3, -0.25) is 0 Å². The fraction of sp³-hybridized carbons (Fsp3) is 0.545. The summed E-state index contributed by atoms with van der Waals surface area (Å²) < 4.78 is 12.4. The number of rotatable bonds is 4. The Morgan fingerprint density at radius 3 is 2.91 bits per heavy atom. The number of fused-ring (bicyclic) bond motifs is 1. The number of cyclic esters (lactones) is 1. The molecular formula is C22H30N6O4. The van der Waals surface area contributed by atoms with Gasteiger partial charge < -0.3 is 25.4 Å². The maximum absolute atomic E-state index is 12.3. The van der Waals surface area contributed by atoms with E-state index < -0.39 is 11.7 Å². The van der Waals surface area contributed by atoms with Crippen molar-refractivity contribution in [2.75, 3.05) is 30.3 Å². The van der Waals surface area contributed by atoms with E-state index >= 15 is 0 Å². The summed E-state index contributed by atoms with van der Waals surface area (Å²) in [7, 11) is 0. The molecule has 0 unspecified atom stereocenters. The molecule has 1 fully saturated rings. The van der Waals surface area contributed by atoms with Crippen molar-refractivity contribution >= 4 is 34.7 Å². The molecule has 1 atom stereocenters. The number of carbonyl (C=O) groups is 2. The molecule has 0 saturated carbocycles. The third-order valence-electron chi connectivity index (χ3n) is 5.67. The third kappa shape index (κ3) is 4.21. The highest BCUT2D eigenvalue weighted by Gasteiger charge is 2.31. The number of esters is 1. The molecule has 3 N–H and O–H groups in total. The van der Waals surface area contributed by atoms with E-state index in [2.05, 4.69) is 20.3 Å².